The summed E-state index contributed by atoms with van der Waals surface area (Å²) in [6.07, 6.45) is 0.734. The molecule has 0 saturated carbocycles. The lowest BCUT2D eigenvalue weighted by molar-refractivity contribution is -0.116. The minimum atomic E-state index is -0.819. The highest BCUT2D eigenvalue weighted by molar-refractivity contribution is 6.32. The highest BCUT2D eigenvalue weighted by Crippen LogP contribution is 2.26. The van der Waals surface area contributed by atoms with Crippen molar-refractivity contribution >= 4 is 34.8 Å². The highest BCUT2D eigenvalue weighted by Gasteiger charge is 2.19. The number of carbonyl (C=O) groups excluding carboxylic acids is 2. The quantitative estimate of drug-likeness (QED) is 0.455. The van der Waals surface area contributed by atoms with E-state index in [4.69, 9.17) is 16.3 Å². The molecule has 0 spiro atoms. The van der Waals surface area contributed by atoms with Crippen LogP contribution in [0.4, 0.5) is 11.4 Å². The lowest BCUT2D eigenvalue weighted by Gasteiger charge is -2.19. The first kappa shape index (κ1) is 22.7. The predicted molar refractivity (Wildman–Crippen MR) is 118 cm³/mol. The van der Waals surface area contributed by atoms with Crippen molar-refractivity contribution < 1.29 is 14.3 Å². The molecular formula is C22H28ClN3O3. The number of ether oxygens (including phenoxy) is 1. The molecule has 0 fully saturated rings. The SMILES string of the molecule is CCOCCCNC(=O)c1cc(NC(=O)[C@H](Cl)c2ccccc2)ccc1N(C)C. The van der Waals surface area contributed by atoms with E-state index in [9.17, 15) is 9.59 Å². The Balaban J connectivity index is 2.10. The van der Waals surface area contributed by atoms with Crippen LogP contribution >= 0.6 is 11.6 Å². The molecule has 0 aromatic heterocycles. The van der Waals surface area contributed by atoms with E-state index in [1.54, 1.807) is 30.3 Å². The number of anilines is 2. The maximum Gasteiger partial charge on any atom is 0.253 e. The molecule has 0 unspecified atom stereocenters. The number of alkyl halides is 1. The fraction of sp³-hybridized carbons (Fsp3) is 0.364. The van der Waals surface area contributed by atoms with Crippen molar-refractivity contribution in [1.29, 1.82) is 0 Å². The van der Waals surface area contributed by atoms with Crippen molar-refractivity contribution in [3.63, 3.8) is 0 Å². The van der Waals surface area contributed by atoms with Gasteiger partial charge in [-0.2, -0.15) is 0 Å². The second-order valence-corrected chi connectivity index (χ2v) is 7.13. The first-order valence-corrected chi connectivity index (χ1v) is 10.0. The zero-order valence-electron chi connectivity index (χ0n) is 17.1. The molecule has 156 valence electrons. The van der Waals surface area contributed by atoms with Crippen LogP contribution in [0.1, 0.15) is 34.6 Å². The topological polar surface area (TPSA) is 70.7 Å². The third kappa shape index (κ3) is 6.76. The molecule has 29 heavy (non-hydrogen) atoms. The fourth-order valence-corrected chi connectivity index (χ4v) is 2.98. The second kappa shape index (κ2) is 11.4. The molecule has 7 heteroatoms. The molecule has 2 aromatic carbocycles. The van der Waals surface area contributed by atoms with Gasteiger partial charge in [-0.15, -0.1) is 11.6 Å². The molecule has 0 bridgehead atoms. The Morgan fingerprint density at radius 3 is 2.52 bits per heavy atom. The van der Waals surface area contributed by atoms with Gasteiger partial charge in [0.25, 0.3) is 5.91 Å². The molecule has 2 N–H and O–H groups in total. The maximum absolute atomic E-state index is 12.7. The smallest absolute Gasteiger partial charge is 0.253 e. The summed E-state index contributed by atoms with van der Waals surface area (Å²) < 4.78 is 5.29. The summed E-state index contributed by atoms with van der Waals surface area (Å²) in [4.78, 5) is 27.1. The first-order valence-electron chi connectivity index (χ1n) is 9.61. The predicted octanol–water partition coefficient (Wildman–Crippen LogP) is 3.83. The lowest BCUT2D eigenvalue weighted by Crippen LogP contribution is -2.27. The molecule has 2 aromatic rings. The first-order chi connectivity index (χ1) is 13.9. The monoisotopic (exact) mass is 417 g/mol. The normalized spacial score (nSPS) is 11.6. The standard InChI is InChI=1S/C22H28ClN3O3/c1-4-29-14-8-13-24-21(27)18-15-17(11-12-19(18)26(2)3)25-22(28)20(23)16-9-6-5-7-10-16/h5-7,9-12,15,20H,4,8,13-14H2,1-3H3,(H,24,27)(H,25,28)/t20-/m1/s1. The zero-order valence-corrected chi connectivity index (χ0v) is 17.8. The number of nitrogens with one attached hydrogen (secondary N) is 2. The summed E-state index contributed by atoms with van der Waals surface area (Å²) in [5.41, 5.74) is 2.47. The Hall–Kier alpha value is -2.57. The molecule has 0 aliphatic rings. The molecule has 6 nitrogen and oxygen atoms in total. The number of nitrogens with zero attached hydrogens (tertiary/aromatic N) is 1. The van der Waals surface area contributed by atoms with Crippen molar-refractivity contribution in [2.75, 3.05) is 44.1 Å². The van der Waals surface area contributed by atoms with Crippen molar-refractivity contribution in [2.24, 2.45) is 0 Å². The van der Waals surface area contributed by atoms with Crippen molar-refractivity contribution in [2.45, 2.75) is 18.7 Å². The van der Waals surface area contributed by atoms with E-state index in [0.29, 0.717) is 36.6 Å². The van der Waals surface area contributed by atoms with Crippen LogP contribution in [0.15, 0.2) is 48.5 Å². The fourth-order valence-electron chi connectivity index (χ4n) is 2.78. The largest absolute Gasteiger partial charge is 0.382 e. The van der Waals surface area contributed by atoms with Crippen LogP contribution < -0.4 is 15.5 Å². The van der Waals surface area contributed by atoms with Crippen LogP contribution in [0.5, 0.6) is 0 Å². The van der Waals surface area contributed by atoms with Crippen LogP contribution in [0, 0.1) is 0 Å². The van der Waals surface area contributed by atoms with E-state index in [2.05, 4.69) is 10.6 Å². The highest BCUT2D eigenvalue weighted by atomic mass is 35.5. The molecule has 0 aliphatic heterocycles. The van der Waals surface area contributed by atoms with Gasteiger partial charge in [0.15, 0.2) is 0 Å². The molecule has 0 saturated heterocycles. The number of benzene rings is 2. The number of hydrogen-bond acceptors (Lipinski definition) is 4. The molecule has 0 heterocycles. The van der Waals surface area contributed by atoms with Crippen LogP contribution in [0.25, 0.3) is 0 Å². The van der Waals surface area contributed by atoms with Gasteiger partial charge in [-0.1, -0.05) is 30.3 Å². The van der Waals surface area contributed by atoms with Gasteiger partial charge >= 0.3 is 0 Å². The van der Waals surface area contributed by atoms with Gasteiger partial charge in [0.1, 0.15) is 5.38 Å². The number of hydrogen-bond donors (Lipinski definition) is 2. The van der Waals surface area contributed by atoms with Gasteiger partial charge in [-0.25, -0.2) is 0 Å². The summed E-state index contributed by atoms with van der Waals surface area (Å²) in [6, 6.07) is 14.4. The Bertz CT molecular complexity index is 812. The van der Waals surface area contributed by atoms with Gasteiger partial charge in [0.2, 0.25) is 5.91 Å². The van der Waals surface area contributed by atoms with E-state index < -0.39 is 5.38 Å². The summed E-state index contributed by atoms with van der Waals surface area (Å²) >= 11 is 6.29. The van der Waals surface area contributed by atoms with Gasteiger partial charge in [0, 0.05) is 45.2 Å². The van der Waals surface area contributed by atoms with E-state index in [1.807, 2.05) is 44.1 Å². The number of carbonyl (C=O) groups is 2. The minimum Gasteiger partial charge on any atom is -0.382 e. The Morgan fingerprint density at radius 2 is 1.86 bits per heavy atom. The van der Waals surface area contributed by atoms with E-state index in [0.717, 1.165) is 12.1 Å². The third-order valence-electron chi connectivity index (χ3n) is 4.27. The van der Waals surface area contributed by atoms with Gasteiger partial charge in [-0.3, -0.25) is 9.59 Å². The molecule has 0 radical (unpaired) electrons. The van der Waals surface area contributed by atoms with E-state index in [-0.39, 0.29) is 11.8 Å². The van der Waals surface area contributed by atoms with Gasteiger partial charge in [0.05, 0.1) is 5.56 Å². The average molecular weight is 418 g/mol. The van der Waals surface area contributed by atoms with Crippen molar-refractivity contribution in [3.05, 3.63) is 59.7 Å². The lowest BCUT2D eigenvalue weighted by atomic mass is 10.1. The number of amides is 2. The molecule has 1 atom stereocenters. The Morgan fingerprint density at radius 1 is 1.14 bits per heavy atom. The summed E-state index contributed by atoms with van der Waals surface area (Å²) in [5.74, 6) is -0.551. The summed E-state index contributed by atoms with van der Waals surface area (Å²) in [7, 11) is 3.73. The number of rotatable bonds is 10. The van der Waals surface area contributed by atoms with E-state index >= 15 is 0 Å². The van der Waals surface area contributed by atoms with Crippen LogP contribution in [-0.2, 0) is 9.53 Å². The average Bonchev–Trinajstić information content (AvgIpc) is 2.73. The van der Waals surface area contributed by atoms with Crippen LogP contribution in [0.3, 0.4) is 0 Å². The van der Waals surface area contributed by atoms with Gasteiger partial charge in [-0.05, 0) is 37.1 Å². The van der Waals surface area contributed by atoms with Crippen LogP contribution in [-0.4, -0.2) is 45.7 Å². The summed E-state index contributed by atoms with van der Waals surface area (Å²) in [6.45, 7) is 3.71. The molecule has 2 rings (SSSR count). The molecule has 2 amide bonds. The second-order valence-electron chi connectivity index (χ2n) is 6.70. The van der Waals surface area contributed by atoms with Crippen molar-refractivity contribution in [3.8, 4) is 0 Å². The van der Waals surface area contributed by atoms with Crippen molar-refractivity contribution in [1.82, 2.24) is 5.32 Å². The maximum atomic E-state index is 12.7. The molecular weight excluding hydrogens is 390 g/mol. The summed E-state index contributed by atoms with van der Waals surface area (Å²) in [5, 5.41) is 4.88. The molecule has 0 aliphatic carbocycles. The zero-order chi connectivity index (χ0) is 21.2. The number of halogens is 1. The Labute approximate surface area is 177 Å². The van der Waals surface area contributed by atoms with Gasteiger partial charge < -0.3 is 20.3 Å². The van der Waals surface area contributed by atoms with E-state index in [1.165, 1.54) is 0 Å². The third-order valence-corrected chi connectivity index (χ3v) is 4.72. The minimum absolute atomic E-state index is 0.202. The Kier molecular flexibility index (Phi) is 8.96. The van der Waals surface area contributed by atoms with Crippen LogP contribution in [0.2, 0.25) is 0 Å².